The van der Waals surface area contributed by atoms with Crippen LogP contribution in [0.25, 0.3) is 5.32 Å². The molecular weight excluding hydrogens is 438 g/mol. The van der Waals surface area contributed by atoms with E-state index in [2.05, 4.69) is 13.8 Å². The van der Waals surface area contributed by atoms with E-state index in [9.17, 15) is 0 Å². The predicted octanol–water partition coefficient (Wildman–Crippen LogP) is 9.15. The summed E-state index contributed by atoms with van der Waals surface area (Å²) in [4.78, 5) is 0. The van der Waals surface area contributed by atoms with Crippen LogP contribution in [0.1, 0.15) is 155 Å². The number of hydrogen-bond acceptors (Lipinski definition) is 0. The van der Waals surface area contributed by atoms with Crippen molar-refractivity contribution >= 4 is 0 Å². The van der Waals surface area contributed by atoms with E-state index >= 15 is 0 Å². The third kappa shape index (κ3) is 33.4. The van der Waals surface area contributed by atoms with Crippen LogP contribution in [-0.4, -0.2) is 18.6 Å². The van der Waals surface area contributed by atoms with E-state index < -0.39 is 0 Å². The van der Waals surface area contributed by atoms with E-state index in [1.165, 1.54) is 141 Å². The summed E-state index contributed by atoms with van der Waals surface area (Å²) in [5, 5.41) is 4.72. The molecule has 0 unspecified atom stereocenters. The molecule has 0 aliphatic rings. The van der Waals surface area contributed by atoms with E-state index in [0.29, 0.717) is 0 Å². The van der Waals surface area contributed by atoms with Crippen molar-refractivity contribution in [3.63, 3.8) is 0 Å². The summed E-state index contributed by atoms with van der Waals surface area (Å²) in [5.41, 5.74) is 0. The van der Waals surface area contributed by atoms with Gasteiger partial charge in [-0.3, -0.25) is 0 Å². The smallest absolute Gasteiger partial charge is 0 e. The Balaban J connectivity index is -0.00000338. The monoisotopic (exact) mass is 496 g/mol. The fourth-order valence-electron chi connectivity index (χ4n) is 3.89. The first kappa shape index (κ1) is 34.2. The van der Waals surface area contributed by atoms with Crippen LogP contribution in [0.5, 0.6) is 0 Å². The molecule has 2 N–H and O–H groups in total. The van der Waals surface area contributed by atoms with Gasteiger partial charge in [-0.25, -0.2) is 0 Å². The molecule has 0 aliphatic heterocycles. The van der Waals surface area contributed by atoms with Crippen LogP contribution < -0.4 is 0 Å². The van der Waals surface area contributed by atoms with Gasteiger partial charge in [0.15, 0.2) is 0 Å². The van der Waals surface area contributed by atoms with Gasteiger partial charge in [-0.05, 0) is 0 Å². The Bertz CT molecular complexity index is 227. The molecule has 0 heterocycles. The van der Waals surface area contributed by atoms with Gasteiger partial charge in [0.25, 0.3) is 0 Å². The SMILES string of the molecule is CCCCCCCCCCCCC[N-]CCCCCCCCCCCCC.O.[Mo]. The van der Waals surface area contributed by atoms with Crippen LogP contribution in [0.2, 0.25) is 0 Å². The Morgan fingerprint density at radius 3 is 0.793 bits per heavy atom. The van der Waals surface area contributed by atoms with E-state index in [1.54, 1.807) is 0 Å². The summed E-state index contributed by atoms with van der Waals surface area (Å²) < 4.78 is 0. The summed E-state index contributed by atoms with van der Waals surface area (Å²) >= 11 is 0. The zero-order valence-electron chi connectivity index (χ0n) is 20.3. The molecule has 0 rings (SSSR count). The molecule has 29 heavy (non-hydrogen) atoms. The van der Waals surface area contributed by atoms with Gasteiger partial charge >= 0.3 is 0 Å². The summed E-state index contributed by atoms with van der Waals surface area (Å²) in [6, 6.07) is 0. The Morgan fingerprint density at radius 2 is 0.552 bits per heavy atom. The molecule has 0 bridgehead atoms. The molecule has 3 heteroatoms. The third-order valence-corrected chi connectivity index (χ3v) is 5.84. The van der Waals surface area contributed by atoms with Crippen molar-refractivity contribution < 1.29 is 26.5 Å². The zero-order valence-corrected chi connectivity index (χ0v) is 22.3. The first-order valence-electron chi connectivity index (χ1n) is 13.0. The maximum atomic E-state index is 4.72. The second kappa shape index (κ2) is 33.3. The first-order valence-corrected chi connectivity index (χ1v) is 13.0. The van der Waals surface area contributed by atoms with Crippen LogP contribution in [-0.2, 0) is 21.1 Å². The van der Waals surface area contributed by atoms with Crippen molar-refractivity contribution in [1.82, 2.24) is 0 Å². The Hall–Kier alpha value is 0.608. The average molecular weight is 495 g/mol. The minimum atomic E-state index is 0. The second-order valence-electron chi connectivity index (χ2n) is 8.74. The Labute approximate surface area is 199 Å². The van der Waals surface area contributed by atoms with Gasteiger partial charge in [0.1, 0.15) is 0 Å². The fourth-order valence-corrected chi connectivity index (χ4v) is 3.89. The van der Waals surface area contributed by atoms with Crippen molar-refractivity contribution in [2.45, 2.75) is 155 Å². The van der Waals surface area contributed by atoms with Crippen molar-refractivity contribution in [1.29, 1.82) is 0 Å². The average Bonchev–Trinajstić information content (AvgIpc) is 2.68. The van der Waals surface area contributed by atoms with Gasteiger partial charge in [0.2, 0.25) is 0 Å². The number of hydrogen-bond donors (Lipinski definition) is 0. The van der Waals surface area contributed by atoms with Gasteiger partial charge in [0, 0.05) is 21.1 Å². The minimum Gasteiger partial charge on any atom is -0.662 e. The van der Waals surface area contributed by atoms with Crippen LogP contribution in [0, 0.1) is 0 Å². The third-order valence-electron chi connectivity index (χ3n) is 5.84. The quantitative estimate of drug-likeness (QED) is 0.0948. The number of nitrogens with zero attached hydrogens (tertiary/aromatic N) is 1. The first-order chi connectivity index (χ1) is 13.4. The molecule has 0 aromatic heterocycles. The normalized spacial score (nSPS) is 10.6. The molecule has 0 radical (unpaired) electrons. The summed E-state index contributed by atoms with van der Waals surface area (Å²) in [6.07, 6.45) is 31.4. The maximum absolute atomic E-state index is 4.72. The fraction of sp³-hybridized carbons (Fsp3) is 1.00. The summed E-state index contributed by atoms with van der Waals surface area (Å²) in [7, 11) is 0. The molecule has 178 valence electrons. The molecule has 2 nitrogen and oxygen atoms in total. The molecule has 0 atom stereocenters. The van der Waals surface area contributed by atoms with E-state index in [-0.39, 0.29) is 26.5 Å². The zero-order chi connectivity index (χ0) is 19.7. The van der Waals surface area contributed by atoms with Crippen LogP contribution in [0.4, 0.5) is 0 Å². The maximum Gasteiger partial charge on any atom is 0 e. The predicted molar refractivity (Wildman–Crippen MR) is 130 cm³/mol. The van der Waals surface area contributed by atoms with Gasteiger partial charge < -0.3 is 10.8 Å². The summed E-state index contributed by atoms with van der Waals surface area (Å²) in [5.74, 6) is 0. The number of rotatable bonds is 24. The molecular formula is C26H56MoNO-. The molecule has 0 saturated carbocycles. The molecule has 0 aliphatic carbocycles. The standard InChI is InChI=1S/C26H54N.Mo.H2O/c1-3-5-7-9-11-13-15-17-19-21-23-25-27-26-24-22-20-18-16-14-12-10-8-6-4-2;;/h3-26H2,1-2H3;;1H2/q-1;;. The molecule has 0 saturated heterocycles. The molecule has 0 amide bonds. The topological polar surface area (TPSA) is 45.6 Å². The van der Waals surface area contributed by atoms with Crippen LogP contribution in [0.3, 0.4) is 0 Å². The van der Waals surface area contributed by atoms with Crippen molar-refractivity contribution in [3.05, 3.63) is 5.32 Å². The van der Waals surface area contributed by atoms with E-state index in [4.69, 9.17) is 5.32 Å². The molecule has 0 fully saturated rings. The number of unbranched alkanes of at least 4 members (excludes halogenated alkanes) is 20. The Kier molecular flexibility index (Phi) is 39.2. The summed E-state index contributed by atoms with van der Waals surface area (Å²) in [6.45, 7) is 6.83. The molecule has 0 spiro atoms. The minimum absolute atomic E-state index is 0. The van der Waals surface area contributed by atoms with E-state index in [0.717, 1.165) is 13.1 Å². The van der Waals surface area contributed by atoms with E-state index in [1.807, 2.05) is 0 Å². The van der Waals surface area contributed by atoms with Crippen LogP contribution >= 0.6 is 0 Å². The van der Waals surface area contributed by atoms with Gasteiger partial charge in [0.05, 0.1) is 0 Å². The van der Waals surface area contributed by atoms with Gasteiger partial charge in [-0.1, -0.05) is 155 Å². The largest absolute Gasteiger partial charge is 0.662 e. The van der Waals surface area contributed by atoms with Gasteiger partial charge in [-0.2, -0.15) is 0 Å². The molecule has 0 aromatic carbocycles. The Morgan fingerprint density at radius 1 is 0.345 bits per heavy atom. The van der Waals surface area contributed by atoms with Crippen molar-refractivity contribution in [2.24, 2.45) is 0 Å². The van der Waals surface area contributed by atoms with Gasteiger partial charge in [-0.15, -0.1) is 13.1 Å². The second-order valence-corrected chi connectivity index (χ2v) is 8.74. The van der Waals surface area contributed by atoms with Crippen LogP contribution in [0.15, 0.2) is 0 Å². The van der Waals surface area contributed by atoms with Crippen molar-refractivity contribution in [2.75, 3.05) is 13.1 Å². The molecule has 0 aromatic rings. The van der Waals surface area contributed by atoms with Crippen molar-refractivity contribution in [3.8, 4) is 0 Å².